The molecule has 0 saturated carbocycles. The van der Waals surface area contributed by atoms with E-state index in [1.54, 1.807) is 0 Å². The van der Waals surface area contributed by atoms with Gasteiger partial charge in [-0.2, -0.15) is 0 Å². The molecular formula is C38H70N2O7. The molecule has 2 atom stereocenters. The molecule has 0 rings (SSSR count). The van der Waals surface area contributed by atoms with Gasteiger partial charge in [-0.1, -0.05) is 122 Å². The molecule has 0 aliphatic heterocycles. The molecule has 2 unspecified atom stereocenters. The molecule has 2 amide bonds. The number of aliphatic carboxylic acids is 1. The van der Waals surface area contributed by atoms with Crippen molar-refractivity contribution >= 4 is 23.8 Å². The highest BCUT2D eigenvalue weighted by molar-refractivity contribution is 5.87. The number of hydrogen-bond donors (Lipinski definition) is 4. The summed E-state index contributed by atoms with van der Waals surface area (Å²) < 4.78 is 5.96. The van der Waals surface area contributed by atoms with Crippen molar-refractivity contribution in [3.8, 4) is 0 Å². The number of allylic oxidation sites excluding steroid dienone is 2. The Balaban J connectivity index is 4.31. The average molecular weight is 667 g/mol. The summed E-state index contributed by atoms with van der Waals surface area (Å²) in [7, 11) is 0. The molecule has 0 saturated heterocycles. The number of amides is 2. The van der Waals surface area contributed by atoms with Gasteiger partial charge in [0.05, 0.1) is 13.2 Å². The molecule has 0 fully saturated rings. The summed E-state index contributed by atoms with van der Waals surface area (Å²) >= 11 is 0. The van der Waals surface area contributed by atoms with Gasteiger partial charge in [-0.25, -0.2) is 4.79 Å². The number of aliphatic hydroxyl groups excluding tert-OH is 1. The number of carbonyl (C=O) groups excluding carboxylic acids is 3. The number of carboxylic acid groups (broad SMARTS) is 1. The molecule has 0 heterocycles. The van der Waals surface area contributed by atoms with Gasteiger partial charge in [-0.05, 0) is 57.8 Å². The summed E-state index contributed by atoms with van der Waals surface area (Å²) in [5.74, 6) is -2.31. The van der Waals surface area contributed by atoms with Gasteiger partial charge in [0, 0.05) is 12.8 Å². The minimum absolute atomic E-state index is 0.0352. The van der Waals surface area contributed by atoms with Crippen LogP contribution in [0.25, 0.3) is 0 Å². The zero-order valence-corrected chi connectivity index (χ0v) is 30.0. The number of esters is 1. The Morgan fingerprint density at radius 1 is 0.617 bits per heavy atom. The van der Waals surface area contributed by atoms with Crippen LogP contribution in [-0.2, 0) is 23.9 Å². The van der Waals surface area contributed by atoms with E-state index in [-0.39, 0.29) is 24.5 Å². The van der Waals surface area contributed by atoms with Crippen LogP contribution in [0.5, 0.6) is 0 Å². The third-order valence-electron chi connectivity index (χ3n) is 8.51. The van der Waals surface area contributed by atoms with Crippen molar-refractivity contribution in [2.45, 2.75) is 193 Å². The van der Waals surface area contributed by atoms with Gasteiger partial charge >= 0.3 is 11.9 Å². The molecule has 0 spiro atoms. The summed E-state index contributed by atoms with van der Waals surface area (Å²) in [5, 5.41) is 22.5. The molecule has 0 aromatic heterocycles. The standard InChI is InChI=1S/C38H70N2O7/c1-3-5-7-9-11-13-14-15-16-19-23-27-33(47-37(44)30-26-22-17-12-10-8-6-4-2)28-24-20-18-21-25-29-35(42)39-31-36(43)40-34(32-41)38(45)46/h15-16,33-34,41H,3-14,17-32H2,1-2H3,(H,39,42)(H,40,43)(H,45,46)/b16-15-. The van der Waals surface area contributed by atoms with Crippen LogP contribution < -0.4 is 10.6 Å². The van der Waals surface area contributed by atoms with E-state index >= 15 is 0 Å². The van der Waals surface area contributed by atoms with Gasteiger partial charge in [0.2, 0.25) is 11.8 Å². The van der Waals surface area contributed by atoms with E-state index in [1.165, 1.54) is 77.0 Å². The predicted octanol–water partition coefficient (Wildman–Crippen LogP) is 8.31. The summed E-state index contributed by atoms with van der Waals surface area (Å²) in [6.45, 7) is 3.44. The SMILES string of the molecule is CCCCCCCC/C=C\CCCC(CCCCCCCC(=O)NCC(=O)NC(CO)C(=O)O)OC(=O)CCCCCCCCCC. The Hall–Kier alpha value is -2.42. The van der Waals surface area contributed by atoms with Crippen molar-refractivity contribution in [2.75, 3.05) is 13.2 Å². The minimum Gasteiger partial charge on any atom is -0.480 e. The maximum Gasteiger partial charge on any atom is 0.328 e. The van der Waals surface area contributed by atoms with Gasteiger partial charge < -0.3 is 25.6 Å². The molecule has 0 radical (unpaired) electrons. The molecule has 0 aliphatic carbocycles. The number of carboxylic acids is 1. The normalized spacial score (nSPS) is 12.6. The van der Waals surface area contributed by atoms with Gasteiger partial charge in [0.15, 0.2) is 0 Å². The van der Waals surface area contributed by atoms with Crippen molar-refractivity contribution in [2.24, 2.45) is 0 Å². The smallest absolute Gasteiger partial charge is 0.328 e. The first kappa shape index (κ1) is 44.6. The largest absolute Gasteiger partial charge is 0.480 e. The van der Waals surface area contributed by atoms with E-state index in [0.717, 1.165) is 70.6 Å². The predicted molar refractivity (Wildman–Crippen MR) is 190 cm³/mol. The minimum atomic E-state index is -1.38. The molecule has 47 heavy (non-hydrogen) atoms. The molecule has 9 nitrogen and oxygen atoms in total. The first-order valence-corrected chi connectivity index (χ1v) is 19.1. The van der Waals surface area contributed by atoms with E-state index in [4.69, 9.17) is 14.9 Å². The lowest BCUT2D eigenvalue weighted by Crippen LogP contribution is -2.47. The molecule has 0 aromatic carbocycles. The lowest BCUT2D eigenvalue weighted by atomic mass is 10.0. The number of ether oxygens (including phenoxy) is 1. The van der Waals surface area contributed by atoms with Gasteiger partial charge in [-0.3, -0.25) is 14.4 Å². The van der Waals surface area contributed by atoms with Crippen LogP contribution in [0.3, 0.4) is 0 Å². The van der Waals surface area contributed by atoms with E-state index in [1.807, 2.05) is 0 Å². The summed E-state index contributed by atoms with van der Waals surface area (Å²) in [5.41, 5.74) is 0. The number of nitrogens with one attached hydrogen (secondary N) is 2. The Labute approximate surface area is 286 Å². The second kappa shape index (κ2) is 33.5. The summed E-state index contributed by atoms with van der Waals surface area (Å²) in [6.07, 6.45) is 32.4. The maximum absolute atomic E-state index is 12.6. The molecule has 4 N–H and O–H groups in total. The summed E-state index contributed by atoms with van der Waals surface area (Å²) in [4.78, 5) is 47.3. The molecule has 0 aromatic rings. The van der Waals surface area contributed by atoms with Crippen molar-refractivity contribution in [1.29, 1.82) is 0 Å². The second-order valence-electron chi connectivity index (χ2n) is 13.0. The molecule has 0 bridgehead atoms. The average Bonchev–Trinajstić information content (AvgIpc) is 3.05. The fraction of sp³-hybridized carbons (Fsp3) is 0.842. The Morgan fingerprint density at radius 3 is 1.68 bits per heavy atom. The Morgan fingerprint density at radius 2 is 1.11 bits per heavy atom. The Kier molecular flexibility index (Phi) is 31.8. The van der Waals surface area contributed by atoms with Crippen molar-refractivity contribution < 1.29 is 34.1 Å². The van der Waals surface area contributed by atoms with Crippen LogP contribution in [0, 0.1) is 0 Å². The monoisotopic (exact) mass is 667 g/mol. The topological polar surface area (TPSA) is 142 Å². The fourth-order valence-corrected chi connectivity index (χ4v) is 5.54. The highest BCUT2D eigenvalue weighted by atomic mass is 16.5. The third-order valence-corrected chi connectivity index (χ3v) is 8.51. The van der Waals surface area contributed by atoms with Crippen LogP contribution in [0.1, 0.15) is 181 Å². The molecule has 9 heteroatoms. The number of hydrogen-bond acceptors (Lipinski definition) is 6. The number of rotatable bonds is 34. The van der Waals surface area contributed by atoms with E-state index in [9.17, 15) is 19.2 Å². The zero-order chi connectivity index (χ0) is 34.8. The number of carbonyl (C=O) groups is 4. The van der Waals surface area contributed by atoms with E-state index in [2.05, 4.69) is 36.6 Å². The van der Waals surface area contributed by atoms with Gasteiger partial charge in [0.1, 0.15) is 12.1 Å². The van der Waals surface area contributed by atoms with Crippen molar-refractivity contribution in [3.63, 3.8) is 0 Å². The molecule has 0 aliphatic rings. The van der Waals surface area contributed by atoms with Crippen LogP contribution in [0.2, 0.25) is 0 Å². The number of aliphatic hydroxyl groups is 1. The number of unbranched alkanes of at least 4 members (excludes halogenated alkanes) is 18. The lowest BCUT2D eigenvalue weighted by molar-refractivity contribution is -0.150. The van der Waals surface area contributed by atoms with Gasteiger partial charge in [-0.15, -0.1) is 0 Å². The highest BCUT2D eigenvalue weighted by Gasteiger charge is 2.19. The molecule has 274 valence electrons. The first-order chi connectivity index (χ1) is 22.8. The van der Waals surface area contributed by atoms with Gasteiger partial charge in [0.25, 0.3) is 0 Å². The first-order valence-electron chi connectivity index (χ1n) is 19.1. The van der Waals surface area contributed by atoms with Crippen molar-refractivity contribution in [3.05, 3.63) is 12.2 Å². The molecular weight excluding hydrogens is 596 g/mol. The zero-order valence-electron chi connectivity index (χ0n) is 30.0. The second-order valence-corrected chi connectivity index (χ2v) is 13.0. The van der Waals surface area contributed by atoms with Crippen LogP contribution in [0.4, 0.5) is 0 Å². The quantitative estimate of drug-likeness (QED) is 0.0307. The Bertz CT molecular complexity index is 818. The van der Waals surface area contributed by atoms with Crippen LogP contribution in [-0.4, -0.2) is 59.3 Å². The van der Waals surface area contributed by atoms with Crippen molar-refractivity contribution in [1.82, 2.24) is 10.6 Å². The van der Waals surface area contributed by atoms with E-state index in [0.29, 0.717) is 19.3 Å². The third kappa shape index (κ3) is 30.7. The maximum atomic E-state index is 12.6. The van der Waals surface area contributed by atoms with Crippen LogP contribution in [0.15, 0.2) is 12.2 Å². The summed E-state index contributed by atoms with van der Waals surface area (Å²) in [6, 6.07) is -1.38. The lowest BCUT2D eigenvalue weighted by Gasteiger charge is -2.18. The van der Waals surface area contributed by atoms with Crippen LogP contribution >= 0.6 is 0 Å². The fourth-order valence-electron chi connectivity index (χ4n) is 5.54. The van der Waals surface area contributed by atoms with E-state index < -0.39 is 24.5 Å². The highest BCUT2D eigenvalue weighted by Crippen LogP contribution is 2.18.